The van der Waals surface area contributed by atoms with Gasteiger partial charge in [-0.2, -0.15) is 0 Å². The number of carbonyl (C=O) groups is 1. The molecule has 4 rings (SSSR count). The maximum Gasteiger partial charge on any atom is 0.338 e. The number of hydrogen-bond acceptors (Lipinski definition) is 5. The van der Waals surface area contributed by atoms with Crippen LogP contribution in [0.5, 0.6) is 5.88 Å². The Kier molecular flexibility index (Phi) is 7.01. The zero-order valence-corrected chi connectivity index (χ0v) is 20.1. The number of aromatic hydroxyl groups is 1. The van der Waals surface area contributed by atoms with Gasteiger partial charge in [-0.15, -0.1) is 0 Å². The molecule has 0 bridgehead atoms. The molecule has 0 unspecified atom stereocenters. The number of nitrogens with zero attached hydrogens (tertiary/aromatic N) is 2. The Balaban J connectivity index is 1.85. The molecule has 0 aliphatic rings. The summed E-state index contributed by atoms with van der Waals surface area (Å²) in [6, 6.07) is 20.5. The van der Waals surface area contributed by atoms with E-state index in [1.165, 1.54) is 0 Å². The lowest BCUT2D eigenvalue weighted by atomic mass is 10.00. The predicted octanol–water partition coefficient (Wildman–Crippen LogP) is 5.93. The largest absolute Gasteiger partial charge is 0.494 e. The highest BCUT2D eigenvalue weighted by atomic mass is 35.5. The number of aromatic nitrogens is 1. The third kappa shape index (κ3) is 4.98. The molecule has 34 heavy (non-hydrogen) atoms. The molecule has 0 radical (unpaired) electrons. The van der Waals surface area contributed by atoms with E-state index >= 15 is 0 Å². The van der Waals surface area contributed by atoms with Crippen molar-refractivity contribution >= 4 is 39.9 Å². The van der Waals surface area contributed by atoms with Crippen LogP contribution in [0, 0.1) is 0 Å². The van der Waals surface area contributed by atoms with Gasteiger partial charge in [-0.25, -0.2) is 9.79 Å². The first-order valence-electron chi connectivity index (χ1n) is 11.0. The normalized spacial score (nSPS) is 11.9. The van der Waals surface area contributed by atoms with Gasteiger partial charge in [0.05, 0.1) is 29.1 Å². The lowest BCUT2D eigenvalue weighted by Gasteiger charge is -2.12. The Morgan fingerprint density at radius 3 is 2.50 bits per heavy atom. The van der Waals surface area contributed by atoms with Gasteiger partial charge in [0.2, 0.25) is 0 Å². The molecule has 174 valence electrons. The lowest BCUT2D eigenvalue weighted by molar-refractivity contribution is 0.0526. The van der Waals surface area contributed by atoms with Crippen LogP contribution in [0.25, 0.3) is 10.9 Å². The Morgan fingerprint density at radius 1 is 1.06 bits per heavy atom. The third-order valence-electron chi connectivity index (χ3n) is 5.34. The summed E-state index contributed by atoms with van der Waals surface area (Å²) in [7, 11) is 3.98. The summed E-state index contributed by atoms with van der Waals surface area (Å²) >= 11 is 6.53. The third-order valence-corrected chi connectivity index (χ3v) is 5.69. The molecule has 0 aliphatic heterocycles. The van der Waals surface area contributed by atoms with Crippen molar-refractivity contribution in [2.24, 2.45) is 4.99 Å². The summed E-state index contributed by atoms with van der Waals surface area (Å²) in [5.74, 6) is -0.446. The predicted molar refractivity (Wildman–Crippen MR) is 137 cm³/mol. The zero-order chi connectivity index (χ0) is 24.2. The minimum absolute atomic E-state index is 0.0334. The summed E-state index contributed by atoms with van der Waals surface area (Å²) in [6.45, 7) is 2.77. The van der Waals surface area contributed by atoms with Gasteiger partial charge in [0.25, 0.3) is 0 Å². The van der Waals surface area contributed by atoms with E-state index in [-0.39, 0.29) is 5.88 Å². The first-order chi connectivity index (χ1) is 16.4. The van der Waals surface area contributed by atoms with E-state index in [4.69, 9.17) is 21.3 Å². The number of H-pyrrole nitrogens is 1. The average Bonchev–Trinajstić information content (AvgIpc) is 3.14. The Bertz CT molecular complexity index is 1360. The van der Waals surface area contributed by atoms with E-state index in [2.05, 4.69) is 4.98 Å². The molecule has 0 amide bonds. The van der Waals surface area contributed by atoms with Gasteiger partial charge in [-0.3, -0.25) is 0 Å². The van der Waals surface area contributed by atoms with Crippen molar-refractivity contribution in [3.8, 4) is 5.88 Å². The highest BCUT2D eigenvalue weighted by molar-refractivity contribution is 6.31. The van der Waals surface area contributed by atoms with Gasteiger partial charge in [0.15, 0.2) is 5.88 Å². The molecule has 2 N–H and O–H groups in total. The standard InChI is InChI=1S/C27H26ClN3O3/c1-4-34-27(33)18-11-13-21-23(14-18)30-26(32)24(21)25(17-8-6-5-7-9-17)29-20-12-10-19(16-31(2)3)22(28)15-20/h5-15,30,32H,4,16H2,1-3H3. The molecule has 7 heteroatoms. The lowest BCUT2D eigenvalue weighted by Crippen LogP contribution is -2.10. The monoisotopic (exact) mass is 475 g/mol. The molecule has 1 heterocycles. The van der Waals surface area contributed by atoms with Gasteiger partial charge >= 0.3 is 5.97 Å². The van der Waals surface area contributed by atoms with Crippen molar-refractivity contribution in [1.82, 2.24) is 9.88 Å². The quantitative estimate of drug-likeness (QED) is 0.256. The number of esters is 1. The molecule has 0 saturated heterocycles. The molecular formula is C27H26ClN3O3. The number of aliphatic imine (C=N–C) groups is 1. The van der Waals surface area contributed by atoms with E-state index in [9.17, 15) is 9.90 Å². The summed E-state index contributed by atoms with van der Waals surface area (Å²) in [5.41, 5.74) is 4.66. The molecule has 0 fully saturated rings. The van der Waals surface area contributed by atoms with Crippen molar-refractivity contribution in [2.75, 3.05) is 20.7 Å². The van der Waals surface area contributed by atoms with E-state index in [0.717, 1.165) is 23.1 Å². The van der Waals surface area contributed by atoms with Gasteiger partial charge in [0.1, 0.15) is 0 Å². The van der Waals surface area contributed by atoms with Crippen LogP contribution >= 0.6 is 11.6 Å². The second kappa shape index (κ2) is 10.1. The van der Waals surface area contributed by atoms with E-state index < -0.39 is 5.97 Å². The van der Waals surface area contributed by atoms with Gasteiger partial charge in [-0.1, -0.05) is 54.1 Å². The molecule has 0 saturated carbocycles. The molecule has 1 aromatic heterocycles. The van der Waals surface area contributed by atoms with Crippen LogP contribution in [-0.2, 0) is 11.3 Å². The fourth-order valence-electron chi connectivity index (χ4n) is 3.83. The zero-order valence-electron chi connectivity index (χ0n) is 19.3. The van der Waals surface area contributed by atoms with Crippen molar-refractivity contribution < 1.29 is 14.6 Å². The molecule has 6 nitrogen and oxygen atoms in total. The SMILES string of the molecule is CCOC(=O)c1ccc2c(C(=Nc3ccc(CN(C)C)c(Cl)c3)c3ccccc3)c(O)[nH]c2c1. The number of hydrogen-bond donors (Lipinski definition) is 2. The van der Waals surface area contributed by atoms with Crippen LogP contribution in [-0.4, -0.2) is 47.4 Å². The smallest absolute Gasteiger partial charge is 0.338 e. The number of nitrogens with one attached hydrogen (secondary N) is 1. The number of rotatable bonds is 7. The highest BCUT2D eigenvalue weighted by Gasteiger charge is 2.20. The van der Waals surface area contributed by atoms with E-state index in [1.54, 1.807) is 25.1 Å². The minimum Gasteiger partial charge on any atom is -0.494 e. The molecule has 3 aromatic carbocycles. The summed E-state index contributed by atoms with van der Waals surface area (Å²) in [5, 5.41) is 12.3. The number of aromatic amines is 1. The van der Waals surface area contributed by atoms with Gasteiger partial charge < -0.3 is 19.7 Å². The molecule has 0 spiro atoms. The fraction of sp³-hybridized carbons (Fsp3) is 0.185. The van der Waals surface area contributed by atoms with Crippen molar-refractivity contribution in [3.63, 3.8) is 0 Å². The topological polar surface area (TPSA) is 77.9 Å². The van der Waals surface area contributed by atoms with Crippen LogP contribution in [0.3, 0.4) is 0 Å². The second-order valence-electron chi connectivity index (χ2n) is 8.17. The van der Waals surface area contributed by atoms with Crippen LogP contribution in [0.1, 0.15) is 34.0 Å². The maximum absolute atomic E-state index is 12.2. The average molecular weight is 476 g/mol. The molecule has 4 aromatic rings. The number of carbonyl (C=O) groups excluding carboxylic acids is 1. The van der Waals surface area contributed by atoms with Crippen LogP contribution < -0.4 is 0 Å². The van der Waals surface area contributed by atoms with Gasteiger partial charge in [0, 0.05) is 28.0 Å². The van der Waals surface area contributed by atoms with Gasteiger partial charge in [-0.05, 0) is 50.8 Å². The molecule has 0 atom stereocenters. The second-order valence-corrected chi connectivity index (χ2v) is 8.58. The molecular weight excluding hydrogens is 450 g/mol. The fourth-order valence-corrected chi connectivity index (χ4v) is 4.06. The van der Waals surface area contributed by atoms with Crippen LogP contribution in [0.4, 0.5) is 5.69 Å². The minimum atomic E-state index is -0.413. The van der Waals surface area contributed by atoms with Crippen LogP contribution in [0.15, 0.2) is 71.7 Å². The maximum atomic E-state index is 12.2. The number of benzene rings is 3. The summed E-state index contributed by atoms with van der Waals surface area (Å²) in [4.78, 5) is 22.1. The number of fused-ring (bicyclic) bond motifs is 1. The summed E-state index contributed by atoms with van der Waals surface area (Å²) < 4.78 is 5.10. The van der Waals surface area contributed by atoms with Crippen molar-refractivity contribution in [3.05, 3.63) is 94.0 Å². The molecule has 0 aliphatic carbocycles. The van der Waals surface area contributed by atoms with Crippen LogP contribution in [0.2, 0.25) is 5.02 Å². The highest BCUT2D eigenvalue weighted by Crippen LogP contribution is 2.33. The first-order valence-corrected chi connectivity index (χ1v) is 11.3. The Labute approximate surface area is 203 Å². The van der Waals surface area contributed by atoms with E-state index in [0.29, 0.717) is 39.7 Å². The van der Waals surface area contributed by atoms with E-state index in [1.807, 2.05) is 67.5 Å². The summed E-state index contributed by atoms with van der Waals surface area (Å²) in [6.07, 6.45) is 0. The Hall–Kier alpha value is -3.61. The number of halogens is 1. The van der Waals surface area contributed by atoms with Crippen molar-refractivity contribution in [1.29, 1.82) is 0 Å². The van der Waals surface area contributed by atoms with Crippen molar-refractivity contribution in [2.45, 2.75) is 13.5 Å². The number of ether oxygens (including phenoxy) is 1. The Morgan fingerprint density at radius 2 is 1.82 bits per heavy atom. The first kappa shape index (κ1) is 23.5.